The molecular formula is C17H14ClFN2. The summed E-state index contributed by atoms with van der Waals surface area (Å²) in [4.78, 5) is 0. The van der Waals surface area contributed by atoms with Crippen molar-refractivity contribution in [2.24, 2.45) is 0 Å². The second-order valence-electron chi connectivity index (χ2n) is 5.47. The highest BCUT2D eigenvalue weighted by Crippen LogP contribution is 2.44. The third-order valence-electron chi connectivity index (χ3n) is 3.96. The fourth-order valence-corrected chi connectivity index (χ4v) is 3.13. The minimum absolute atomic E-state index is 0.155. The highest BCUT2D eigenvalue weighted by molar-refractivity contribution is 6.30. The minimum Gasteiger partial charge on any atom is -0.382 e. The summed E-state index contributed by atoms with van der Waals surface area (Å²) in [5, 5.41) is 13.1. The van der Waals surface area contributed by atoms with E-state index in [-0.39, 0.29) is 11.9 Å². The normalized spacial score (nSPS) is 24.0. The molecule has 2 nitrogen and oxygen atoms in total. The van der Waals surface area contributed by atoms with Gasteiger partial charge in [0.05, 0.1) is 11.5 Å². The molecule has 1 fully saturated rings. The van der Waals surface area contributed by atoms with Crippen molar-refractivity contribution in [2.45, 2.75) is 24.3 Å². The molecule has 0 aromatic heterocycles. The Labute approximate surface area is 128 Å². The summed E-state index contributed by atoms with van der Waals surface area (Å²) >= 11 is 5.84. The number of halogens is 2. The van der Waals surface area contributed by atoms with Gasteiger partial charge in [-0.15, -0.1) is 0 Å². The Kier molecular flexibility index (Phi) is 3.57. The van der Waals surface area contributed by atoms with Crippen LogP contribution in [0.3, 0.4) is 0 Å². The molecule has 1 saturated carbocycles. The van der Waals surface area contributed by atoms with Gasteiger partial charge in [-0.1, -0.05) is 41.9 Å². The molecule has 0 unspecified atom stereocenters. The van der Waals surface area contributed by atoms with E-state index in [4.69, 9.17) is 11.6 Å². The van der Waals surface area contributed by atoms with E-state index in [1.807, 2.05) is 30.3 Å². The number of anilines is 1. The topological polar surface area (TPSA) is 35.8 Å². The zero-order valence-electron chi connectivity index (χ0n) is 11.3. The molecule has 0 spiro atoms. The van der Waals surface area contributed by atoms with Crippen molar-refractivity contribution in [3.05, 3.63) is 64.9 Å². The number of benzene rings is 2. The lowest BCUT2D eigenvalue weighted by Gasteiger charge is -2.43. The molecule has 0 atom stereocenters. The third kappa shape index (κ3) is 2.72. The van der Waals surface area contributed by atoms with Crippen LogP contribution in [0.5, 0.6) is 0 Å². The zero-order valence-corrected chi connectivity index (χ0v) is 12.1. The Morgan fingerprint density at radius 3 is 2.52 bits per heavy atom. The molecule has 0 heterocycles. The highest BCUT2D eigenvalue weighted by atomic mass is 35.5. The van der Waals surface area contributed by atoms with Crippen LogP contribution in [0.1, 0.15) is 18.4 Å². The highest BCUT2D eigenvalue weighted by Gasteiger charge is 2.46. The van der Waals surface area contributed by atoms with Gasteiger partial charge in [0.15, 0.2) is 0 Å². The van der Waals surface area contributed by atoms with Crippen molar-refractivity contribution in [2.75, 3.05) is 5.32 Å². The summed E-state index contributed by atoms with van der Waals surface area (Å²) in [5.41, 5.74) is 1.27. The number of hydrogen-bond donors (Lipinski definition) is 1. The van der Waals surface area contributed by atoms with Gasteiger partial charge in [-0.05, 0) is 36.6 Å². The molecule has 2 aromatic carbocycles. The predicted octanol–water partition coefficient (Wildman–Crippen LogP) is 4.51. The van der Waals surface area contributed by atoms with E-state index in [0.29, 0.717) is 23.6 Å². The summed E-state index contributed by atoms with van der Waals surface area (Å²) in [6.45, 7) is 0. The molecule has 0 saturated heterocycles. The number of nitrogens with one attached hydrogen (secondary N) is 1. The maximum absolute atomic E-state index is 13.3. The first-order valence-electron chi connectivity index (χ1n) is 6.81. The molecule has 4 heteroatoms. The van der Waals surface area contributed by atoms with Gasteiger partial charge in [0.1, 0.15) is 5.82 Å². The van der Waals surface area contributed by atoms with Crippen LogP contribution < -0.4 is 5.32 Å². The van der Waals surface area contributed by atoms with E-state index in [1.54, 1.807) is 6.07 Å². The Morgan fingerprint density at radius 1 is 1.19 bits per heavy atom. The maximum Gasteiger partial charge on any atom is 0.126 e. The number of nitriles is 1. The molecule has 21 heavy (non-hydrogen) atoms. The van der Waals surface area contributed by atoms with Crippen LogP contribution in [-0.2, 0) is 5.41 Å². The standard InChI is InChI=1S/C17H14ClFN2/c18-13-6-14(19)8-15(7-13)21-16-9-17(10-16,11-20)12-4-2-1-3-5-12/h1-8,16,21H,9-10H2. The van der Waals surface area contributed by atoms with Gasteiger partial charge in [0, 0.05) is 16.8 Å². The van der Waals surface area contributed by atoms with Crippen LogP contribution >= 0.6 is 11.6 Å². The van der Waals surface area contributed by atoms with Crippen LogP contribution in [0.15, 0.2) is 48.5 Å². The Balaban J connectivity index is 1.71. The van der Waals surface area contributed by atoms with E-state index in [1.165, 1.54) is 12.1 Å². The van der Waals surface area contributed by atoms with E-state index in [2.05, 4.69) is 11.4 Å². The van der Waals surface area contributed by atoms with Gasteiger partial charge in [0.2, 0.25) is 0 Å². The van der Waals surface area contributed by atoms with Gasteiger partial charge in [-0.3, -0.25) is 0 Å². The van der Waals surface area contributed by atoms with Gasteiger partial charge in [-0.2, -0.15) is 5.26 Å². The summed E-state index contributed by atoms with van der Waals surface area (Å²) in [6.07, 6.45) is 1.42. The van der Waals surface area contributed by atoms with Crippen molar-refractivity contribution in [1.82, 2.24) is 0 Å². The smallest absolute Gasteiger partial charge is 0.126 e. The summed E-state index contributed by atoms with van der Waals surface area (Å²) in [6, 6.07) is 16.8. The van der Waals surface area contributed by atoms with Crippen LogP contribution in [-0.4, -0.2) is 6.04 Å². The largest absolute Gasteiger partial charge is 0.382 e. The average Bonchev–Trinajstić information content (AvgIpc) is 2.42. The summed E-state index contributed by atoms with van der Waals surface area (Å²) in [7, 11) is 0. The molecule has 1 N–H and O–H groups in total. The number of rotatable bonds is 3. The first-order valence-corrected chi connectivity index (χ1v) is 7.18. The maximum atomic E-state index is 13.3. The third-order valence-corrected chi connectivity index (χ3v) is 4.18. The van der Waals surface area contributed by atoms with E-state index in [0.717, 1.165) is 5.56 Å². The van der Waals surface area contributed by atoms with Crippen LogP contribution in [0, 0.1) is 17.1 Å². The van der Waals surface area contributed by atoms with Crippen LogP contribution in [0.4, 0.5) is 10.1 Å². The Morgan fingerprint density at radius 2 is 1.90 bits per heavy atom. The lowest BCUT2D eigenvalue weighted by Crippen LogP contribution is -2.47. The van der Waals surface area contributed by atoms with Crippen molar-refractivity contribution < 1.29 is 4.39 Å². The molecule has 0 amide bonds. The van der Waals surface area contributed by atoms with Gasteiger partial charge >= 0.3 is 0 Å². The minimum atomic E-state index is -0.434. The second-order valence-corrected chi connectivity index (χ2v) is 5.90. The molecule has 3 rings (SSSR count). The van der Waals surface area contributed by atoms with Crippen molar-refractivity contribution in [1.29, 1.82) is 5.26 Å². The SMILES string of the molecule is N#CC1(c2ccccc2)CC(Nc2cc(F)cc(Cl)c2)C1. The number of hydrogen-bond acceptors (Lipinski definition) is 2. The molecular weight excluding hydrogens is 287 g/mol. The molecule has 1 aliphatic carbocycles. The monoisotopic (exact) mass is 300 g/mol. The molecule has 1 aliphatic rings. The lowest BCUT2D eigenvalue weighted by atomic mass is 9.62. The predicted molar refractivity (Wildman–Crippen MR) is 81.8 cm³/mol. The molecule has 106 valence electrons. The number of nitrogens with zero attached hydrogens (tertiary/aromatic N) is 1. The molecule has 0 radical (unpaired) electrons. The van der Waals surface area contributed by atoms with Gasteiger partial charge in [0.25, 0.3) is 0 Å². The van der Waals surface area contributed by atoms with Crippen molar-refractivity contribution >= 4 is 17.3 Å². The fourth-order valence-electron chi connectivity index (χ4n) is 2.91. The average molecular weight is 301 g/mol. The molecule has 0 bridgehead atoms. The second kappa shape index (κ2) is 5.38. The van der Waals surface area contributed by atoms with Crippen molar-refractivity contribution in [3.8, 4) is 6.07 Å². The fraction of sp³-hybridized carbons (Fsp3) is 0.235. The quantitative estimate of drug-likeness (QED) is 0.905. The van der Waals surface area contributed by atoms with Gasteiger partial charge < -0.3 is 5.32 Å². The first kappa shape index (κ1) is 13.9. The Bertz CT molecular complexity index is 667. The summed E-state index contributed by atoms with van der Waals surface area (Å²) < 4.78 is 13.3. The van der Waals surface area contributed by atoms with E-state index < -0.39 is 5.41 Å². The van der Waals surface area contributed by atoms with Gasteiger partial charge in [-0.25, -0.2) is 4.39 Å². The zero-order chi connectivity index (χ0) is 14.9. The molecule has 0 aliphatic heterocycles. The molecule has 2 aromatic rings. The first-order chi connectivity index (χ1) is 10.1. The van der Waals surface area contributed by atoms with E-state index >= 15 is 0 Å². The Hall–Kier alpha value is -2.05. The van der Waals surface area contributed by atoms with Crippen LogP contribution in [0.25, 0.3) is 0 Å². The lowest BCUT2D eigenvalue weighted by molar-refractivity contribution is 0.289. The van der Waals surface area contributed by atoms with E-state index in [9.17, 15) is 9.65 Å². The summed E-state index contributed by atoms with van der Waals surface area (Å²) in [5.74, 6) is -0.362. The van der Waals surface area contributed by atoms with Crippen molar-refractivity contribution in [3.63, 3.8) is 0 Å². The van der Waals surface area contributed by atoms with Crippen LogP contribution in [0.2, 0.25) is 5.02 Å².